The van der Waals surface area contributed by atoms with Gasteiger partial charge in [-0.25, -0.2) is 9.78 Å². The molecule has 2 aromatic rings. The third-order valence-electron chi connectivity index (χ3n) is 2.00. The fourth-order valence-electron chi connectivity index (χ4n) is 1.40. The summed E-state index contributed by atoms with van der Waals surface area (Å²) in [6.45, 7) is 1.85. The van der Waals surface area contributed by atoms with Crippen LogP contribution in [0.3, 0.4) is 0 Å². The molecule has 0 aliphatic heterocycles. The Balaban J connectivity index is 2.44. The highest BCUT2D eigenvalue weighted by Crippen LogP contribution is 2.33. The van der Waals surface area contributed by atoms with Crippen LogP contribution < -0.4 is 5.32 Å². The first-order valence-electron chi connectivity index (χ1n) is 4.69. The summed E-state index contributed by atoms with van der Waals surface area (Å²) < 4.78 is 0. The quantitative estimate of drug-likeness (QED) is 0.838. The molecule has 0 bridgehead atoms. The summed E-state index contributed by atoms with van der Waals surface area (Å²) >= 11 is 1.47. The van der Waals surface area contributed by atoms with Gasteiger partial charge in [0, 0.05) is 0 Å². The predicted octanol–water partition coefficient (Wildman–Crippen LogP) is 3.21. The molecule has 1 heterocycles. The number of benzene rings is 1. The number of nitrogens with one attached hydrogen (secondary N) is 1. The number of amides is 1. The van der Waals surface area contributed by atoms with Crippen LogP contribution in [-0.2, 0) is 0 Å². The lowest BCUT2D eigenvalue weighted by atomic mass is 10.2. The highest BCUT2D eigenvalue weighted by molar-refractivity contribution is 7.15. The summed E-state index contributed by atoms with van der Waals surface area (Å²) in [7, 11) is 0. The summed E-state index contributed by atoms with van der Waals surface area (Å²) in [5, 5.41) is 11.8. The van der Waals surface area contributed by atoms with E-state index >= 15 is 0 Å². The molecule has 0 saturated heterocycles. The van der Waals surface area contributed by atoms with Gasteiger partial charge >= 0.3 is 6.09 Å². The maximum atomic E-state index is 10.6. The van der Waals surface area contributed by atoms with E-state index in [9.17, 15) is 4.79 Å². The number of carboxylic acid groups (broad SMARTS) is 1. The van der Waals surface area contributed by atoms with E-state index in [2.05, 4.69) is 10.3 Å². The molecule has 1 aromatic heterocycles. The van der Waals surface area contributed by atoms with Crippen molar-refractivity contribution in [1.82, 2.24) is 4.98 Å². The SMILES string of the molecule is Cc1nc(NC(=O)O)c(-c2ccccc2)s1. The second kappa shape index (κ2) is 4.32. The van der Waals surface area contributed by atoms with Gasteiger partial charge in [-0.05, 0) is 12.5 Å². The lowest BCUT2D eigenvalue weighted by molar-refractivity contribution is 0.209. The van der Waals surface area contributed by atoms with E-state index in [0.29, 0.717) is 5.82 Å². The first kappa shape index (κ1) is 10.6. The van der Waals surface area contributed by atoms with Crippen molar-refractivity contribution in [2.24, 2.45) is 0 Å². The lowest BCUT2D eigenvalue weighted by Crippen LogP contribution is -2.08. The zero-order valence-corrected chi connectivity index (χ0v) is 9.41. The van der Waals surface area contributed by atoms with Crippen LogP contribution in [0.5, 0.6) is 0 Å². The maximum Gasteiger partial charge on any atom is 0.410 e. The second-order valence-electron chi connectivity index (χ2n) is 3.21. The number of aryl methyl sites for hydroxylation is 1. The fourth-order valence-corrected chi connectivity index (χ4v) is 2.28. The van der Waals surface area contributed by atoms with Crippen molar-refractivity contribution in [3.63, 3.8) is 0 Å². The highest BCUT2D eigenvalue weighted by Gasteiger charge is 2.12. The summed E-state index contributed by atoms with van der Waals surface area (Å²) in [5.74, 6) is 0.404. The Bertz CT molecular complexity index is 508. The van der Waals surface area contributed by atoms with Crippen LogP contribution in [0.25, 0.3) is 10.4 Å². The van der Waals surface area contributed by atoms with E-state index in [1.165, 1.54) is 11.3 Å². The van der Waals surface area contributed by atoms with Crippen molar-refractivity contribution in [2.45, 2.75) is 6.92 Å². The molecule has 0 spiro atoms. The molecule has 4 nitrogen and oxygen atoms in total. The Labute approximate surface area is 96.6 Å². The molecule has 5 heteroatoms. The van der Waals surface area contributed by atoms with Crippen LogP contribution in [0.4, 0.5) is 10.6 Å². The molecule has 82 valence electrons. The van der Waals surface area contributed by atoms with E-state index < -0.39 is 6.09 Å². The summed E-state index contributed by atoms with van der Waals surface area (Å²) in [6, 6.07) is 9.60. The Hall–Kier alpha value is -1.88. The minimum absolute atomic E-state index is 0.404. The molecule has 0 atom stereocenters. The van der Waals surface area contributed by atoms with E-state index in [0.717, 1.165) is 15.4 Å². The third kappa shape index (κ3) is 2.20. The lowest BCUT2D eigenvalue weighted by Gasteiger charge is -2.00. The molecular formula is C11H10N2O2S. The zero-order valence-electron chi connectivity index (χ0n) is 8.60. The van der Waals surface area contributed by atoms with Crippen molar-refractivity contribution in [3.8, 4) is 10.4 Å². The first-order valence-corrected chi connectivity index (χ1v) is 5.51. The van der Waals surface area contributed by atoms with Crippen LogP contribution in [0.1, 0.15) is 5.01 Å². The molecule has 0 saturated carbocycles. The molecule has 1 amide bonds. The van der Waals surface area contributed by atoms with Crippen molar-refractivity contribution in [1.29, 1.82) is 0 Å². The van der Waals surface area contributed by atoms with Crippen molar-refractivity contribution in [3.05, 3.63) is 35.3 Å². The Kier molecular flexibility index (Phi) is 2.87. The van der Waals surface area contributed by atoms with Gasteiger partial charge in [0.2, 0.25) is 0 Å². The van der Waals surface area contributed by atoms with Crippen LogP contribution in [0.15, 0.2) is 30.3 Å². The van der Waals surface area contributed by atoms with E-state index in [1.807, 2.05) is 37.3 Å². The number of hydrogen-bond donors (Lipinski definition) is 2. The Morgan fingerprint density at radius 2 is 2.06 bits per heavy atom. The van der Waals surface area contributed by atoms with Crippen LogP contribution in [0, 0.1) is 6.92 Å². The fraction of sp³-hybridized carbons (Fsp3) is 0.0909. The smallest absolute Gasteiger partial charge is 0.410 e. The highest BCUT2D eigenvalue weighted by atomic mass is 32.1. The molecule has 0 radical (unpaired) electrons. The van der Waals surface area contributed by atoms with Crippen molar-refractivity contribution >= 4 is 23.2 Å². The number of anilines is 1. The molecule has 0 unspecified atom stereocenters. The summed E-state index contributed by atoms with van der Waals surface area (Å²) in [6.07, 6.45) is -1.09. The van der Waals surface area contributed by atoms with Gasteiger partial charge in [0.1, 0.15) is 0 Å². The molecule has 1 aromatic carbocycles. The van der Waals surface area contributed by atoms with Gasteiger partial charge in [-0.3, -0.25) is 5.32 Å². The second-order valence-corrected chi connectivity index (χ2v) is 4.41. The number of rotatable bonds is 2. The largest absolute Gasteiger partial charge is 0.465 e. The van der Waals surface area contributed by atoms with Gasteiger partial charge in [0.25, 0.3) is 0 Å². The summed E-state index contributed by atoms with van der Waals surface area (Å²) in [5.41, 5.74) is 0.969. The average Bonchev–Trinajstić information content (AvgIpc) is 2.60. The van der Waals surface area contributed by atoms with Gasteiger partial charge in [0.05, 0.1) is 9.88 Å². The van der Waals surface area contributed by atoms with Crippen LogP contribution in [0.2, 0.25) is 0 Å². The first-order chi connectivity index (χ1) is 7.66. The van der Waals surface area contributed by atoms with E-state index in [4.69, 9.17) is 5.11 Å². The Morgan fingerprint density at radius 3 is 2.69 bits per heavy atom. The standard InChI is InChI=1S/C11H10N2O2S/c1-7-12-10(13-11(14)15)9(16-7)8-5-3-2-4-6-8/h2-6,13H,1H3,(H,14,15). The number of aromatic nitrogens is 1. The predicted molar refractivity (Wildman–Crippen MR) is 63.9 cm³/mol. The van der Waals surface area contributed by atoms with Crippen LogP contribution in [-0.4, -0.2) is 16.2 Å². The topological polar surface area (TPSA) is 62.2 Å². The molecule has 16 heavy (non-hydrogen) atoms. The van der Waals surface area contributed by atoms with Gasteiger partial charge in [-0.1, -0.05) is 30.3 Å². The number of nitrogens with zero attached hydrogens (tertiary/aromatic N) is 1. The van der Waals surface area contributed by atoms with Gasteiger partial charge in [-0.15, -0.1) is 11.3 Å². The molecule has 0 fully saturated rings. The minimum Gasteiger partial charge on any atom is -0.465 e. The third-order valence-corrected chi connectivity index (χ3v) is 3.02. The Morgan fingerprint density at radius 1 is 1.38 bits per heavy atom. The zero-order chi connectivity index (χ0) is 11.5. The molecule has 0 aliphatic rings. The minimum atomic E-state index is -1.09. The summed E-state index contributed by atoms with van der Waals surface area (Å²) in [4.78, 5) is 15.6. The maximum absolute atomic E-state index is 10.6. The van der Waals surface area contributed by atoms with Crippen LogP contribution >= 0.6 is 11.3 Å². The number of carbonyl (C=O) groups is 1. The average molecular weight is 234 g/mol. The van der Waals surface area contributed by atoms with Crippen molar-refractivity contribution in [2.75, 3.05) is 5.32 Å². The van der Waals surface area contributed by atoms with Gasteiger partial charge < -0.3 is 5.11 Å². The number of hydrogen-bond acceptors (Lipinski definition) is 3. The molecule has 2 N–H and O–H groups in total. The molecule has 2 rings (SSSR count). The van der Waals surface area contributed by atoms with E-state index in [1.54, 1.807) is 0 Å². The normalized spacial score (nSPS) is 10.1. The monoisotopic (exact) mass is 234 g/mol. The number of thiazole rings is 1. The van der Waals surface area contributed by atoms with Gasteiger partial charge in [0.15, 0.2) is 5.82 Å². The molecule has 0 aliphatic carbocycles. The van der Waals surface area contributed by atoms with Gasteiger partial charge in [-0.2, -0.15) is 0 Å². The van der Waals surface area contributed by atoms with E-state index in [-0.39, 0.29) is 0 Å². The molecular weight excluding hydrogens is 224 g/mol. The van der Waals surface area contributed by atoms with Crippen molar-refractivity contribution < 1.29 is 9.90 Å².